The lowest BCUT2D eigenvalue weighted by molar-refractivity contribution is -0.150. The predicted molar refractivity (Wildman–Crippen MR) is 66.3 cm³/mol. The molecule has 1 aliphatic rings. The van der Waals surface area contributed by atoms with Gasteiger partial charge in [0.1, 0.15) is 5.75 Å². The average Bonchev–Trinajstić information content (AvgIpc) is 2.60. The van der Waals surface area contributed by atoms with Crippen molar-refractivity contribution in [1.29, 1.82) is 0 Å². The molecule has 0 bridgehead atoms. The topological polar surface area (TPSA) is 66.8 Å². The molecule has 18 heavy (non-hydrogen) atoms. The van der Waals surface area contributed by atoms with Crippen LogP contribution in [-0.2, 0) is 22.4 Å². The van der Waals surface area contributed by atoms with Crippen LogP contribution in [0.5, 0.6) is 5.75 Å². The summed E-state index contributed by atoms with van der Waals surface area (Å²) in [6.45, 7) is 0. The zero-order chi connectivity index (χ0) is 13.1. The highest BCUT2D eigenvalue weighted by Crippen LogP contribution is 2.31. The predicted octanol–water partition coefficient (Wildman–Crippen LogP) is 1.87. The fourth-order valence-corrected chi connectivity index (χ4v) is 2.43. The Kier molecular flexibility index (Phi) is 3.87. The Bertz CT molecular complexity index is 453. The van der Waals surface area contributed by atoms with Crippen LogP contribution in [0.25, 0.3) is 0 Å². The first kappa shape index (κ1) is 12.9. The zero-order valence-electron chi connectivity index (χ0n) is 10.5. The maximum atomic E-state index is 11.3. The van der Waals surface area contributed by atoms with Crippen molar-refractivity contribution in [3.05, 3.63) is 28.8 Å². The zero-order valence-corrected chi connectivity index (χ0v) is 10.5. The molecule has 0 aromatic heterocycles. The van der Waals surface area contributed by atoms with Crippen LogP contribution in [0, 0.1) is 0 Å². The fourth-order valence-electron chi connectivity index (χ4n) is 2.43. The van der Waals surface area contributed by atoms with E-state index < -0.39 is 12.1 Å². The van der Waals surface area contributed by atoms with Crippen LogP contribution in [0.4, 0.5) is 0 Å². The van der Waals surface area contributed by atoms with Crippen LogP contribution < -0.4 is 0 Å². The van der Waals surface area contributed by atoms with E-state index in [2.05, 4.69) is 4.74 Å². The van der Waals surface area contributed by atoms with E-state index in [0.717, 1.165) is 36.8 Å². The number of aliphatic hydroxyl groups is 1. The van der Waals surface area contributed by atoms with Crippen molar-refractivity contribution in [3.8, 4) is 5.75 Å². The number of benzene rings is 1. The molecule has 1 aromatic rings. The Morgan fingerprint density at radius 1 is 1.22 bits per heavy atom. The van der Waals surface area contributed by atoms with Gasteiger partial charge in [-0.2, -0.15) is 0 Å². The average molecular weight is 250 g/mol. The third-order valence-electron chi connectivity index (χ3n) is 3.46. The first-order valence-electron chi connectivity index (χ1n) is 6.24. The van der Waals surface area contributed by atoms with Gasteiger partial charge in [0.05, 0.1) is 7.11 Å². The fraction of sp³-hybridized carbons (Fsp3) is 0.500. The Morgan fingerprint density at radius 2 is 1.83 bits per heavy atom. The number of fused-ring (bicyclic) bond motifs is 1. The Balaban J connectivity index is 2.37. The van der Waals surface area contributed by atoms with E-state index >= 15 is 0 Å². The van der Waals surface area contributed by atoms with Crippen molar-refractivity contribution >= 4 is 5.97 Å². The molecule has 0 saturated carbocycles. The molecule has 1 atom stereocenters. The van der Waals surface area contributed by atoms with Crippen molar-refractivity contribution < 1.29 is 19.7 Å². The van der Waals surface area contributed by atoms with Gasteiger partial charge in [-0.25, -0.2) is 4.79 Å². The number of aryl methyl sites for hydroxylation is 2. The van der Waals surface area contributed by atoms with Crippen molar-refractivity contribution in [2.24, 2.45) is 0 Å². The van der Waals surface area contributed by atoms with Gasteiger partial charge in [-0.05, 0) is 48.9 Å². The third kappa shape index (κ3) is 2.48. The van der Waals surface area contributed by atoms with Crippen molar-refractivity contribution in [2.75, 3.05) is 7.11 Å². The number of carbonyl (C=O) groups excluding carboxylic acids is 1. The number of methoxy groups -OCH3 is 1. The minimum atomic E-state index is -1.41. The van der Waals surface area contributed by atoms with Gasteiger partial charge < -0.3 is 14.9 Å². The summed E-state index contributed by atoms with van der Waals surface area (Å²) < 4.78 is 4.49. The SMILES string of the molecule is COC(=O)C(O)c1cc2c(cc1O)CCCCC2. The smallest absolute Gasteiger partial charge is 0.339 e. The molecular formula is C14H18O4. The number of phenols is 1. The van der Waals surface area contributed by atoms with E-state index in [1.807, 2.05) is 0 Å². The number of esters is 1. The van der Waals surface area contributed by atoms with Crippen LogP contribution in [0.2, 0.25) is 0 Å². The van der Waals surface area contributed by atoms with Crippen LogP contribution >= 0.6 is 0 Å². The largest absolute Gasteiger partial charge is 0.508 e. The van der Waals surface area contributed by atoms with Gasteiger partial charge in [0, 0.05) is 5.56 Å². The van der Waals surface area contributed by atoms with Gasteiger partial charge in [0.15, 0.2) is 6.10 Å². The number of aromatic hydroxyl groups is 1. The van der Waals surface area contributed by atoms with E-state index in [9.17, 15) is 15.0 Å². The van der Waals surface area contributed by atoms with E-state index in [4.69, 9.17) is 0 Å². The molecular weight excluding hydrogens is 232 g/mol. The lowest BCUT2D eigenvalue weighted by Gasteiger charge is -2.14. The Labute approximate surface area is 106 Å². The van der Waals surface area contributed by atoms with Crippen LogP contribution in [0.1, 0.15) is 42.1 Å². The summed E-state index contributed by atoms with van der Waals surface area (Å²) in [6, 6.07) is 3.40. The van der Waals surface area contributed by atoms with Crippen molar-refractivity contribution in [1.82, 2.24) is 0 Å². The molecule has 98 valence electrons. The summed E-state index contributed by atoms with van der Waals surface area (Å²) in [4.78, 5) is 11.3. The van der Waals surface area contributed by atoms with Crippen molar-refractivity contribution in [2.45, 2.75) is 38.2 Å². The summed E-state index contributed by atoms with van der Waals surface area (Å²) in [7, 11) is 1.21. The first-order chi connectivity index (χ1) is 8.63. The van der Waals surface area contributed by atoms with E-state index in [1.54, 1.807) is 12.1 Å². The van der Waals surface area contributed by atoms with Crippen LogP contribution in [-0.4, -0.2) is 23.3 Å². The first-order valence-corrected chi connectivity index (χ1v) is 6.24. The maximum absolute atomic E-state index is 11.3. The number of carbonyl (C=O) groups is 1. The molecule has 1 aromatic carbocycles. The summed E-state index contributed by atoms with van der Waals surface area (Å²) >= 11 is 0. The number of phenolic OH excluding ortho intramolecular Hbond substituents is 1. The molecule has 4 heteroatoms. The van der Waals surface area contributed by atoms with Gasteiger partial charge in [-0.3, -0.25) is 0 Å². The highest BCUT2D eigenvalue weighted by molar-refractivity contribution is 5.77. The highest BCUT2D eigenvalue weighted by atomic mass is 16.5. The van der Waals surface area contributed by atoms with E-state index in [0.29, 0.717) is 0 Å². The van der Waals surface area contributed by atoms with Gasteiger partial charge in [-0.1, -0.05) is 6.42 Å². The normalized spacial score (nSPS) is 16.6. The molecule has 1 unspecified atom stereocenters. The lowest BCUT2D eigenvalue weighted by Crippen LogP contribution is -2.14. The molecule has 0 fully saturated rings. The third-order valence-corrected chi connectivity index (χ3v) is 3.46. The summed E-state index contributed by atoms with van der Waals surface area (Å²) in [5.74, 6) is -0.785. The molecule has 2 rings (SSSR count). The molecule has 1 aliphatic carbocycles. The van der Waals surface area contributed by atoms with Crippen LogP contribution in [0.15, 0.2) is 12.1 Å². The van der Waals surface area contributed by atoms with Crippen LogP contribution in [0.3, 0.4) is 0 Å². The van der Waals surface area contributed by atoms with Gasteiger partial charge in [0.25, 0.3) is 0 Å². The van der Waals surface area contributed by atoms with Crippen molar-refractivity contribution in [3.63, 3.8) is 0 Å². The van der Waals surface area contributed by atoms with Gasteiger partial charge in [-0.15, -0.1) is 0 Å². The van der Waals surface area contributed by atoms with Gasteiger partial charge >= 0.3 is 5.97 Å². The molecule has 2 N–H and O–H groups in total. The monoisotopic (exact) mass is 250 g/mol. The summed E-state index contributed by atoms with van der Waals surface area (Å²) in [5.41, 5.74) is 2.47. The molecule has 0 saturated heterocycles. The lowest BCUT2D eigenvalue weighted by atomic mass is 9.96. The number of rotatable bonds is 2. The quantitative estimate of drug-likeness (QED) is 0.621. The second-order valence-electron chi connectivity index (χ2n) is 4.67. The molecule has 0 radical (unpaired) electrons. The number of hydrogen-bond donors (Lipinski definition) is 2. The Hall–Kier alpha value is -1.55. The minimum Gasteiger partial charge on any atom is -0.508 e. The molecule has 0 amide bonds. The summed E-state index contributed by atoms with van der Waals surface area (Å²) in [5, 5.41) is 19.7. The highest BCUT2D eigenvalue weighted by Gasteiger charge is 2.23. The van der Waals surface area contributed by atoms with E-state index in [1.165, 1.54) is 13.5 Å². The number of aliphatic hydroxyl groups excluding tert-OH is 1. The second kappa shape index (κ2) is 5.40. The van der Waals surface area contributed by atoms with E-state index in [-0.39, 0.29) is 11.3 Å². The summed E-state index contributed by atoms with van der Waals surface area (Å²) in [6.07, 6.45) is 3.85. The van der Waals surface area contributed by atoms with Gasteiger partial charge in [0.2, 0.25) is 0 Å². The maximum Gasteiger partial charge on any atom is 0.339 e. The molecule has 4 nitrogen and oxygen atoms in total. The molecule has 0 spiro atoms. The molecule has 0 aliphatic heterocycles. The second-order valence-corrected chi connectivity index (χ2v) is 4.67. The Morgan fingerprint density at radius 3 is 2.44 bits per heavy atom. The number of ether oxygens (including phenoxy) is 1. The molecule has 0 heterocycles. The standard InChI is InChI=1S/C14H18O4/c1-18-14(17)13(16)11-7-9-5-3-2-4-6-10(9)8-12(11)15/h7-8,13,15-16H,2-6H2,1H3. The minimum absolute atomic E-state index is 0.0337. The number of hydrogen-bond acceptors (Lipinski definition) is 4.